The number of nitrogens with two attached hydrogens (primary N) is 1. The SMILES string of the molecule is Cc1cc(C(N)=O)n(C)n1.Cl.Cl. The molecule has 70 valence electrons. The predicted octanol–water partition coefficient (Wildman–Crippen LogP) is 0.671. The van der Waals surface area contributed by atoms with Crippen LogP contribution in [0.4, 0.5) is 0 Å². The number of carbonyl (C=O) groups excluding carboxylic acids is 1. The van der Waals surface area contributed by atoms with E-state index in [1.54, 1.807) is 13.1 Å². The van der Waals surface area contributed by atoms with Crippen molar-refractivity contribution in [2.45, 2.75) is 6.92 Å². The van der Waals surface area contributed by atoms with E-state index in [-0.39, 0.29) is 24.8 Å². The third kappa shape index (κ3) is 2.71. The molecule has 0 fully saturated rings. The number of hydrogen-bond acceptors (Lipinski definition) is 2. The summed E-state index contributed by atoms with van der Waals surface area (Å²) in [4.78, 5) is 10.6. The molecule has 0 radical (unpaired) electrons. The van der Waals surface area contributed by atoms with Gasteiger partial charge in [-0.05, 0) is 13.0 Å². The van der Waals surface area contributed by atoms with Crippen LogP contribution in [-0.4, -0.2) is 15.7 Å². The van der Waals surface area contributed by atoms with Gasteiger partial charge < -0.3 is 5.73 Å². The van der Waals surface area contributed by atoms with Crippen LogP contribution in [0.3, 0.4) is 0 Å². The van der Waals surface area contributed by atoms with E-state index in [1.165, 1.54) is 4.68 Å². The van der Waals surface area contributed by atoms with Crippen molar-refractivity contribution in [3.63, 3.8) is 0 Å². The Morgan fingerprint density at radius 3 is 2.25 bits per heavy atom. The molecule has 1 heterocycles. The van der Waals surface area contributed by atoms with Crippen LogP contribution in [0.2, 0.25) is 0 Å². The van der Waals surface area contributed by atoms with E-state index in [1.807, 2.05) is 6.92 Å². The lowest BCUT2D eigenvalue weighted by molar-refractivity contribution is 0.0991. The molecule has 0 aliphatic heterocycles. The summed E-state index contributed by atoms with van der Waals surface area (Å²) in [5.74, 6) is -0.442. The molecule has 0 aromatic carbocycles. The molecular weight excluding hydrogens is 201 g/mol. The number of carbonyl (C=O) groups is 1. The Bertz CT molecular complexity index is 272. The quantitative estimate of drug-likeness (QED) is 0.743. The summed E-state index contributed by atoms with van der Waals surface area (Å²) >= 11 is 0. The molecular formula is C6H11Cl2N3O. The minimum Gasteiger partial charge on any atom is -0.364 e. The van der Waals surface area contributed by atoms with Crippen molar-refractivity contribution >= 4 is 30.7 Å². The molecule has 0 bridgehead atoms. The normalized spacial score (nSPS) is 8.17. The summed E-state index contributed by atoms with van der Waals surface area (Å²) < 4.78 is 1.47. The highest BCUT2D eigenvalue weighted by Crippen LogP contribution is 1.99. The Morgan fingerprint density at radius 1 is 1.58 bits per heavy atom. The molecule has 0 saturated carbocycles. The van der Waals surface area contributed by atoms with Gasteiger partial charge in [0, 0.05) is 7.05 Å². The van der Waals surface area contributed by atoms with E-state index in [0.29, 0.717) is 5.69 Å². The van der Waals surface area contributed by atoms with Gasteiger partial charge in [0.1, 0.15) is 5.69 Å². The van der Waals surface area contributed by atoms with E-state index < -0.39 is 5.91 Å². The van der Waals surface area contributed by atoms with Crippen LogP contribution < -0.4 is 5.73 Å². The monoisotopic (exact) mass is 211 g/mol. The van der Waals surface area contributed by atoms with Gasteiger partial charge in [0.15, 0.2) is 0 Å². The van der Waals surface area contributed by atoms with Gasteiger partial charge in [-0.2, -0.15) is 5.10 Å². The highest BCUT2D eigenvalue weighted by atomic mass is 35.5. The van der Waals surface area contributed by atoms with Gasteiger partial charge in [-0.15, -0.1) is 24.8 Å². The van der Waals surface area contributed by atoms with Gasteiger partial charge in [-0.3, -0.25) is 9.48 Å². The van der Waals surface area contributed by atoms with Crippen molar-refractivity contribution < 1.29 is 4.79 Å². The molecule has 0 aliphatic carbocycles. The number of halogens is 2. The number of rotatable bonds is 1. The molecule has 1 aromatic rings. The predicted molar refractivity (Wildman–Crippen MR) is 51.0 cm³/mol. The summed E-state index contributed by atoms with van der Waals surface area (Å²) in [7, 11) is 1.69. The first-order valence-electron chi connectivity index (χ1n) is 2.91. The van der Waals surface area contributed by atoms with E-state index in [9.17, 15) is 4.79 Å². The van der Waals surface area contributed by atoms with Gasteiger partial charge in [0.25, 0.3) is 5.91 Å². The first-order chi connectivity index (χ1) is 4.61. The first-order valence-corrected chi connectivity index (χ1v) is 2.91. The molecule has 0 aliphatic rings. The highest BCUT2D eigenvalue weighted by molar-refractivity contribution is 5.91. The number of primary amides is 1. The molecule has 1 amide bonds. The molecule has 1 aromatic heterocycles. The van der Waals surface area contributed by atoms with Crippen LogP contribution in [0.5, 0.6) is 0 Å². The zero-order valence-electron chi connectivity index (χ0n) is 6.77. The average Bonchev–Trinajstić information content (AvgIpc) is 2.10. The van der Waals surface area contributed by atoms with Gasteiger partial charge in [0.05, 0.1) is 5.69 Å². The third-order valence-corrected chi connectivity index (χ3v) is 1.25. The average molecular weight is 212 g/mol. The zero-order valence-corrected chi connectivity index (χ0v) is 8.41. The van der Waals surface area contributed by atoms with Crippen LogP contribution in [0.25, 0.3) is 0 Å². The van der Waals surface area contributed by atoms with E-state index >= 15 is 0 Å². The Hall–Kier alpha value is -0.740. The standard InChI is InChI=1S/C6H9N3O.2ClH/c1-4-3-5(6(7)10)9(2)8-4;;/h3H,1-2H3,(H2,7,10);2*1H. The topological polar surface area (TPSA) is 60.9 Å². The van der Waals surface area contributed by atoms with Crippen molar-refractivity contribution in [3.05, 3.63) is 17.5 Å². The Balaban J connectivity index is 0. The number of hydrogen-bond donors (Lipinski definition) is 1. The van der Waals surface area contributed by atoms with Crippen LogP contribution in [0.1, 0.15) is 16.2 Å². The van der Waals surface area contributed by atoms with E-state index in [2.05, 4.69) is 5.10 Å². The molecule has 4 nitrogen and oxygen atoms in total. The van der Waals surface area contributed by atoms with Crippen LogP contribution in [0.15, 0.2) is 6.07 Å². The fraction of sp³-hybridized carbons (Fsp3) is 0.333. The van der Waals surface area contributed by atoms with Crippen LogP contribution in [0, 0.1) is 6.92 Å². The maximum absolute atomic E-state index is 10.6. The van der Waals surface area contributed by atoms with Crippen molar-refractivity contribution in [1.29, 1.82) is 0 Å². The number of aromatic nitrogens is 2. The van der Waals surface area contributed by atoms with E-state index in [4.69, 9.17) is 5.73 Å². The maximum Gasteiger partial charge on any atom is 0.266 e. The highest BCUT2D eigenvalue weighted by Gasteiger charge is 2.05. The Labute approximate surface area is 82.9 Å². The molecule has 0 spiro atoms. The molecule has 6 heteroatoms. The lowest BCUT2D eigenvalue weighted by atomic mass is 10.3. The molecule has 0 saturated heterocycles. The lowest BCUT2D eigenvalue weighted by Crippen LogP contribution is -2.15. The largest absolute Gasteiger partial charge is 0.364 e. The minimum atomic E-state index is -0.442. The first kappa shape index (κ1) is 13.8. The molecule has 0 atom stereocenters. The Morgan fingerprint density at radius 2 is 2.08 bits per heavy atom. The van der Waals surface area contributed by atoms with Crippen LogP contribution >= 0.6 is 24.8 Å². The zero-order chi connectivity index (χ0) is 7.72. The minimum absolute atomic E-state index is 0. The second-order valence-corrected chi connectivity index (χ2v) is 2.16. The van der Waals surface area contributed by atoms with Crippen molar-refractivity contribution in [2.24, 2.45) is 12.8 Å². The summed E-state index contributed by atoms with van der Waals surface area (Å²) in [6.45, 7) is 1.81. The third-order valence-electron chi connectivity index (χ3n) is 1.25. The number of nitrogens with zero attached hydrogens (tertiary/aromatic N) is 2. The summed E-state index contributed by atoms with van der Waals surface area (Å²) in [6, 6.07) is 1.66. The molecule has 1 rings (SSSR count). The lowest BCUT2D eigenvalue weighted by Gasteiger charge is -1.92. The van der Waals surface area contributed by atoms with Gasteiger partial charge >= 0.3 is 0 Å². The summed E-state index contributed by atoms with van der Waals surface area (Å²) in [5, 5.41) is 3.95. The van der Waals surface area contributed by atoms with Crippen molar-refractivity contribution in [3.8, 4) is 0 Å². The number of aryl methyl sites for hydroxylation is 2. The molecule has 2 N–H and O–H groups in total. The fourth-order valence-electron chi connectivity index (χ4n) is 0.841. The Kier molecular flexibility index (Phi) is 5.76. The second-order valence-electron chi connectivity index (χ2n) is 2.16. The van der Waals surface area contributed by atoms with E-state index in [0.717, 1.165) is 5.69 Å². The fourth-order valence-corrected chi connectivity index (χ4v) is 0.841. The van der Waals surface area contributed by atoms with Crippen molar-refractivity contribution in [2.75, 3.05) is 0 Å². The van der Waals surface area contributed by atoms with Crippen LogP contribution in [-0.2, 0) is 7.05 Å². The molecule has 0 unspecified atom stereocenters. The van der Waals surface area contributed by atoms with Gasteiger partial charge in [-0.1, -0.05) is 0 Å². The van der Waals surface area contributed by atoms with Crippen molar-refractivity contribution in [1.82, 2.24) is 9.78 Å². The van der Waals surface area contributed by atoms with Gasteiger partial charge in [-0.25, -0.2) is 0 Å². The summed E-state index contributed by atoms with van der Waals surface area (Å²) in [6.07, 6.45) is 0. The second kappa shape index (κ2) is 5.00. The number of amides is 1. The molecule has 12 heavy (non-hydrogen) atoms. The summed E-state index contributed by atoms with van der Waals surface area (Å²) in [5.41, 5.74) is 6.27. The maximum atomic E-state index is 10.6. The smallest absolute Gasteiger partial charge is 0.266 e. The van der Waals surface area contributed by atoms with Gasteiger partial charge in [0.2, 0.25) is 0 Å².